The van der Waals surface area contributed by atoms with Crippen molar-refractivity contribution in [3.63, 3.8) is 0 Å². The van der Waals surface area contributed by atoms with Crippen LogP contribution in [0, 0.1) is 17.2 Å². The zero-order valence-electron chi connectivity index (χ0n) is 9.91. The Balaban J connectivity index is 2.29. The average molecular weight is 265 g/mol. The molecule has 1 aliphatic heterocycles. The van der Waals surface area contributed by atoms with E-state index in [0.29, 0.717) is 25.2 Å². The van der Waals surface area contributed by atoms with Crippen molar-refractivity contribution in [2.45, 2.75) is 11.3 Å². The fraction of sp³-hybridized carbons (Fsp3) is 0.417. The van der Waals surface area contributed by atoms with Crippen molar-refractivity contribution < 1.29 is 8.42 Å². The highest BCUT2D eigenvalue weighted by molar-refractivity contribution is 7.89. The molecule has 1 aromatic rings. The van der Waals surface area contributed by atoms with Crippen LogP contribution in [0.1, 0.15) is 12.0 Å². The number of hydrogen-bond donors (Lipinski definition) is 1. The quantitative estimate of drug-likeness (QED) is 0.863. The fourth-order valence-electron chi connectivity index (χ4n) is 2.08. The van der Waals surface area contributed by atoms with E-state index in [2.05, 4.69) is 0 Å². The molecule has 0 bridgehead atoms. The molecule has 0 aliphatic carbocycles. The van der Waals surface area contributed by atoms with Crippen LogP contribution >= 0.6 is 0 Å². The van der Waals surface area contributed by atoms with Crippen LogP contribution in [-0.4, -0.2) is 32.4 Å². The monoisotopic (exact) mass is 265 g/mol. The Bertz CT molecular complexity index is 577. The molecule has 0 saturated carbocycles. The van der Waals surface area contributed by atoms with Gasteiger partial charge in [-0.15, -0.1) is 0 Å². The third-order valence-corrected chi connectivity index (χ3v) is 5.04. The molecule has 0 spiro atoms. The Morgan fingerprint density at radius 3 is 2.89 bits per heavy atom. The summed E-state index contributed by atoms with van der Waals surface area (Å²) >= 11 is 0. The number of sulfonamides is 1. The Kier molecular flexibility index (Phi) is 3.66. The van der Waals surface area contributed by atoms with Crippen molar-refractivity contribution >= 4 is 10.0 Å². The molecular weight excluding hydrogens is 250 g/mol. The number of rotatable bonds is 3. The smallest absolute Gasteiger partial charge is 0.243 e. The number of nitrogens with zero attached hydrogens (tertiary/aromatic N) is 2. The molecule has 1 aromatic carbocycles. The molecule has 1 aliphatic rings. The van der Waals surface area contributed by atoms with Crippen molar-refractivity contribution in [1.82, 2.24) is 4.31 Å². The van der Waals surface area contributed by atoms with Gasteiger partial charge in [-0.3, -0.25) is 0 Å². The minimum atomic E-state index is -3.49. The maximum absolute atomic E-state index is 12.3. The van der Waals surface area contributed by atoms with Crippen LogP contribution in [0.25, 0.3) is 0 Å². The summed E-state index contributed by atoms with van der Waals surface area (Å²) in [6, 6.07) is 8.05. The molecule has 0 radical (unpaired) electrons. The summed E-state index contributed by atoms with van der Waals surface area (Å²) in [6.07, 6.45) is 0.799. The second kappa shape index (κ2) is 5.06. The van der Waals surface area contributed by atoms with Gasteiger partial charge in [0.05, 0.1) is 16.5 Å². The van der Waals surface area contributed by atoms with Gasteiger partial charge in [0.1, 0.15) is 0 Å². The van der Waals surface area contributed by atoms with Crippen LogP contribution in [0.2, 0.25) is 0 Å². The van der Waals surface area contributed by atoms with Crippen molar-refractivity contribution in [2.24, 2.45) is 11.7 Å². The molecule has 0 amide bonds. The van der Waals surface area contributed by atoms with Crippen LogP contribution in [0.15, 0.2) is 29.2 Å². The van der Waals surface area contributed by atoms with Crippen LogP contribution < -0.4 is 5.73 Å². The molecule has 1 fully saturated rings. The molecule has 96 valence electrons. The van der Waals surface area contributed by atoms with Gasteiger partial charge in [0, 0.05) is 13.1 Å². The molecule has 1 saturated heterocycles. The summed E-state index contributed by atoms with van der Waals surface area (Å²) in [5.41, 5.74) is 5.91. The van der Waals surface area contributed by atoms with Gasteiger partial charge in [-0.05, 0) is 37.1 Å². The first kappa shape index (κ1) is 13.0. The highest BCUT2D eigenvalue weighted by atomic mass is 32.2. The maximum atomic E-state index is 12.3. The van der Waals surface area contributed by atoms with E-state index < -0.39 is 10.0 Å². The molecule has 0 aromatic heterocycles. The molecular formula is C12H15N3O2S. The first-order valence-electron chi connectivity index (χ1n) is 5.78. The summed E-state index contributed by atoms with van der Waals surface area (Å²) in [4.78, 5) is 0.180. The van der Waals surface area contributed by atoms with E-state index in [9.17, 15) is 8.42 Å². The van der Waals surface area contributed by atoms with Gasteiger partial charge in [0.25, 0.3) is 0 Å². The van der Waals surface area contributed by atoms with Crippen LogP contribution in [0.3, 0.4) is 0 Å². The van der Waals surface area contributed by atoms with Crippen molar-refractivity contribution in [2.75, 3.05) is 19.6 Å². The molecule has 1 atom stereocenters. The predicted molar refractivity (Wildman–Crippen MR) is 67.1 cm³/mol. The highest BCUT2D eigenvalue weighted by Gasteiger charge is 2.31. The van der Waals surface area contributed by atoms with E-state index in [1.165, 1.54) is 16.4 Å². The summed E-state index contributed by atoms with van der Waals surface area (Å²) < 4.78 is 26.1. The van der Waals surface area contributed by atoms with E-state index in [1.54, 1.807) is 12.1 Å². The zero-order chi connectivity index (χ0) is 13.2. The Morgan fingerprint density at radius 2 is 2.28 bits per heavy atom. The lowest BCUT2D eigenvalue weighted by molar-refractivity contribution is 0.459. The van der Waals surface area contributed by atoms with E-state index >= 15 is 0 Å². The Morgan fingerprint density at radius 1 is 1.50 bits per heavy atom. The number of hydrogen-bond acceptors (Lipinski definition) is 4. The second-order valence-electron chi connectivity index (χ2n) is 4.39. The topological polar surface area (TPSA) is 87.2 Å². The van der Waals surface area contributed by atoms with E-state index in [0.717, 1.165) is 6.42 Å². The lowest BCUT2D eigenvalue weighted by Crippen LogP contribution is -2.30. The van der Waals surface area contributed by atoms with Gasteiger partial charge >= 0.3 is 0 Å². The third kappa shape index (κ3) is 2.38. The van der Waals surface area contributed by atoms with E-state index in [4.69, 9.17) is 11.0 Å². The summed E-state index contributed by atoms with van der Waals surface area (Å²) in [7, 11) is -3.49. The molecule has 2 rings (SSSR count). The lowest BCUT2D eigenvalue weighted by Gasteiger charge is -2.16. The van der Waals surface area contributed by atoms with Crippen LogP contribution in [0.5, 0.6) is 0 Å². The number of benzene rings is 1. The minimum absolute atomic E-state index is 0.180. The SMILES string of the molecule is N#Cc1cccc(S(=O)(=O)N2CC[C@@H](CN)C2)c1. The first-order chi connectivity index (χ1) is 8.57. The van der Waals surface area contributed by atoms with Crippen molar-refractivity contribution in [3.05, 3.63) is 29.8 Å². The fourth-order valence-corrected chi connectivity index (χ4v) is 3.66. The molecule has 0 unspecified atom stereocenters. The van der Waals surface area contributed by atoms with Gasteiger partial charge in [-0.25, -0.2) is 8.42 Å². The first-order valence-corrected chi connectivity index (χ1v) is 7.22. The van der Waals surface area contributed by atoms with Gasteiger partial charge < -0.3 is 5.73 Å². The van der Waals surface area contributed by atoms with Gasteiger partial charge in [0.15, 0.2) is 0 Å². The Labute approximate surface area is 107 Å². The second-order valence-corrected chi connectivity index (χ2v) is 6.33. The normalized spacial score (nSPS) is 20.8. The number of nitriles is 1. The van der Waals surface area contributed by atoms with Gasteiger partial charge in [-0.2, -0.15) is 9.57 Å². The standard InChI is InChI=1S/C12H15N3O2S/c13-7-10-2-1-3-12(6-10)18(16,17)15-5-4-11(8-14)9-15/h1-3,6,11H,4-5,8-9,14H2/t11-/m0/s1. The largest absolute Gasteiger partial charge is 0.330 e. The molecule has 18 heavy (non-hydrogen) atoms. The van der Waals surface area contributed by atoms with Gasteiger partial charge in [0.2, 0.25) is 10.0 Å². The molecule has 6 heteroatoms. The summed E-state index contributed by atoms with van der Waals surface area (Å²) in [5, 5.41) is 8.80. The van der Waals surface area contributed by atoms with Crippen molar-refractivity contribution in [1.29, 1.82) is 5.26 Å². The van der Waals surface area contributed by atoms with Crippen LogP contribution in [-0.2, 0) is 10.0 Å². The van der Waals surface area contributed by atoms with E-state index in [1.807, 2.05) is 6.07 Å². The number of nitrogens with two attached hydrogens (primary N) is 1. The zero-order valence-corrected chi connectivity index (χ0v) is 10.7. The molecule has 1 heterocycles. The minimum Gasteiger partial charge on any atom is -0.330 e. The maximum Gasteiger partial charge on any atom is 0.243 e. The molecule has 5 nitrogen and oxygen atoms in total. The summed E-state index contributed by atoms with van der Waals surface area (Å²) in [6.45, 7) is 1.47. The van der Waals surface area contributed by atoms with Crippen molar-refractivity contribution in [3.8, 4) is 6.07 Å². The van der Waals surface area contributed by atoms with Gasteiger partial charge in [-0.1, -0.05) is 6.07 Å². The predicted octanol–water partition coefficient (Wildman–Crippen LogP) is 0.528. The Hall–Kier alpha value is -1.42. The average Bonchev–Trinajstić information content (AvgIpc) is 2.88. The lowest BCUT2D eigenvalue weighted by atomic mass is 10.1. The molecule has 2 N–H and O–H groups in total. The highest BCUT2D eigenvalue weighted by Crippen LogP contribution is 2.24. The van der Waals surface area contributed by atoms with Crippen LogP contribution in [0.4, 0.5) is 0 Å². The van der Waals surface area contributed by atoms with E-state index in [-0.39, 0.29) is 10.8 Å². The summed E-state index contributed by atoms with van der Waals surface area (Å²) in [5.74, 6) is 0.235. The third-order valence-electron chi connectivity index (χ3n) is 3.18.